The number of anilines is 2. The minimum absolute atomic E-state index is 0.0218. The van der Waals surface area contributed by atoms with Gasteiger partial charge >= 0.3 is 0 Å². The SMILES string of the molecule is CS(=O)(=O)N(Cc1ccc(F)cc1)c1ccc(C(=O)Nc2cccc(F)c2)cc1. The third-order valence-corrected chi connectivity index (χ3v) is 5.28. The van der Waals surface area contributed by atoms with Crippen molar-refractivity contribution in [2.45, 2.75) is 6.54 Å². The summed E-state index contributed by atoms with van der Waals surface area (Å²) in [6.07, 6.45) is 1.07. The van der Waals surface area contributed by atoms with E-state index in [2.05, 4.69) is 5.32 Å². The van der Waals surface area contributed by atoms with E-state index in [1.165, 1.54) is 66.7 Å². The number of amides is 1. The predicted octanol–water partition coefficient (Wildman–Crippen LogP) is 4.18. The Morgan fingerprint density at radius 2 is 1.59 bits per heavy atom. The molecule has 1 amide bonds. The molecule has 150 valence electrons. The van der Waals surface area contributed by atoms with Crippen LogP contribution in [0.1, 0.15) is 15.9 Å². The fourth-order valence-electron chi connectivity index (χ4n) is 2.70. The Balaban J connectivity index is 1.80. The van der Waals surface area contributed by atoms with E-state index in [9.17, 15) is 22.0 Å². The molecule has 0 unspecified atom stereocenters. The lowest BCUT2D eigenvalue weighted by Crippen LogP contribution is -2.29. The summed E-state index contributed by atoms with van der Waals surface area (Å²) in [5, 5.41) is 2.58. The lowest BCUT2D eigenvalue weighted by molar-refractivity contribution is 0.102. The Labute approximate surface area is 167 Å². The van der Waals surface area contributed by atoms with Crippen LogP contribution in [0.5, 0.6) is 0 Å². The Morgan fingerprint density at radius 1 is 0.931 bits per heavy atom. The van der Waals surface area contributed by atoms with Gasteiger partial charge in [0.25, 0.3) is 5.91 Å². The molecule has 3 aromatic carbocycles. The van der Waals surface area contributed by atoms with Gasteiger partial charge in [0.2, 0.25) is 10.0 Å². The second-order valence-corrected chi connectivity index (χ2v) is 8.31. The van der Waals surface area contributed by atoms with Crippen molar-refractivity contribution in [3.63, 3.8) is 0 Å². The molecule has 5 nitrogen and oxygen atoms in total. The first-order valence-corrected chi connectivity index (χ1v) is 10.5. The number of rotatable bonds is 6. The van der Waals surface area contributed by atoms with Gasteiger partial charge in [-0.2, -0.15) is 0 Å². The Bertz CT molecular complexity index is 1120. The summed E-state index contributed by atoms with van der Waals surface area (Å²) in [5.74, 6) is -1.33. The van der Waals surface area contributed by atoms with E-state index in [1.807, 2.05) is 0 Å². The normalized spacial score (nSPS) is 11.1. The number of benzene rings is 3. The van der Waals surface area contributed by atoms with Crippen molar-refractivity contribution in [2.24, 2.45) is 0 Å². The molecule has 3 aromatic rings. The van der Waals surface area contributed by atoms with Crippen LogP contribution >= 0.6 is 0 Å². The van der Waals surface area contributed by atoms with Crippen molar-refractivity contribution < 1.29 is 22.0 Å². The number of sulfonamides is 1. The number of carbonyl (C=O) groups is 1. The quantitative estimate of drug-likeness (QED) is 0.656. The zero-order valence-electron chi connectivity index (χ0n) is 15.5. The molecule has 0 atom stereocenters. The van der Waals surface area contributed by atoms with Crippen LogP contribution in [0.2, 0.25) is 0 Å². The lowest BCUT2D eigenvalue weighted by atomic mass is 10.1. The third-order valence-electron chi connectivity index (χ3n) is 4.14. The maximum absolute atomic E-state index is 13.2. The largest absolute Gasteiger partial charge is 0.322 e. The van der Waals surface area contributed by atoms with Crippen LogP contribution in [0.25, 0.3) is 0 Å². The van der Waals surface area contributed by atoms with E-state index in [4.69, 9.17) is 0 Å². The fourth-order valence-corrected chi connectivity index (χ4v) is 3.59. The number of hydrogen-bond donors (Lipinski definition) is 1. The van der Waals surface area contributed by atoms with Crippen molar-refractivity contribution in [1.29, 1.82) is 0 Å². The van der Waals surface area contributed by atoms with Crippen LogP contribution < -0.4 is 9.62 Å². The molecule has 29 heavy (non-hydrogen) atoms. The monoisotopic (exact) mass is 416 g/mol. The topological polar surface area (TPSA) is 66.5 Å². The average Bonchev–Trinajstić information content (AvgIpc) is 2.67. The van der Waals surface area contributed by atoms with E-state index in [-0.39, 0.29) is 12.1 Å². The summed E-state index contributed by atoms with van der Waals surface area (Å²) in [6, 6.07) is 17.0. The first-order valence-electron chi connectivity index (χ1n) is 8.61. The summed E-state index contributed by atoms with van der Waals surface area (Å²) in [5.41, 5.74) is 1.57. The van der Waals surface area contributed by atoms with E-state index >= 15 is 0 Å². The molecule has 3 rings (SSSR count). The van der Waals surface area contributed by atoms with Crippen LogP contribution in [0, 0.1) is 11.6 Å². The maximum Gasteiger partial charge on any atom is 0.255 e. The van der Waals surface area contributed by atoms with Gasteiger partial charge in [-0.15, -0.1) is 0 Å². The van der Waals surface area contributed by atoms with Crippen LogP contribution in [0.3, 0.4) is 0 Å². The molecule has 0 aromatic heterocycles. The molecule has 0 saturated carbocycles. The third kappa shape index (κ3) is 5.39. The highest BCUT2D eigenvalue weighted by Gasteiger charge is 2.18. The molecule has 0 aliphatic rings. The summed E-state index contributed by atoms with van der Waals surface area (Å²) in [4.78, 5) is 12.3. The standard InChI is InChI=1S/C21H18F2N2O3S/c1-29(27,28)25(14-15-5-9-17(22)10-6-15)20-11-7-16(8-12-20)21(26)24-19-4-2-3-18(23)13-19/h2-13H,14H2,1H3,(H,24,26). The van der Waals surface area contributed by atoms with E-state index < -0.39 is 27.6 Å². The predicted molar refractivity (Wildman–Crippen MR) is 108 cm³/mol. The van der Waals surface area contributed by atoms with E-state index in [0.29, 0.717) is 16.9 Å². The van der Waals surface area contributed by atoms with Crippen molar-refractivity contribution in [3.8, 4) is 0 Å². The van der Waals surface area contributed by atoms with Gasteiger partial charge in [-0.05, 0) is 60.2 Å². The van der Waals surface area contributed by atoms with E-state index in [1.54, 1.807) is 6.07 Å². The molecule has 8 heteroatoms. The smallest absolute Gasteiger partial charge is 0.255 e. The first-order chi connectivity index (χ1) is 13.7. The van der Waals surface area contributed by atoms with Crippen LogP contribution in [0.15, 0.2) is 72.8 Å². The Hall–Kier alpha value is -3.26. The van der Waals surface area contributed by atoms with Crippen LogP contribution in [0.4, 0.5) is 20.2 Å². The highest BCUT2D eigenvalue weighted by molar-refractivity contribution is 7.92. The Morgan fingerprint density at radius 3 is 2.17 bits per heavy atom. The number of halogens is 2. The summed E-state index contributed by atoms with van der Waals surface area (Å²) < 4.78 is 52.0. The van der Waals surface area contributed by atoms with Gasteiger partial charge in [0.05, 0.1) is 18.5 Å². The van der Waals surface area contributed by atoms with Gasteiger partial charge in [0.1, 0.15) is 11.6 Å². The van der Waals surface area contributed by atoms with Gasteiger partial charge < -0.3 is 5.32 Å². The molecule has 1 N–H and O–H groups in total. The molecular formula is C21H18F2N2O3S. The highest BCUT2D eigenvalue weighted by atomic mass is 32.2. The zero-order chi connectivity index (χ0) is 21.0. The van der Waals surface area contributed by atoms with Crippen molar-refractivity contribution >= 4 is 27.3 Å². The van der Waals surface area contributed by atoms with Gasteiger partial charge in [-0.25, -0.2) is 17.2 Å². The van der Waals surface area contributed by atoms with Crippen molar-refractivity contribution in [2.75, 3.05) is 15.9 Å². The number of hydrogen-bond acceptors (Lipinski definition) is 3. The molecule has 0 aliphatic heterocycles. The van der Waals surface area contributed by atoms with Crippen molar-refractivity contribution in [3.05, 3.63) is 95.6 Å². The Kier molecular flexibility index (Phi) is 5.93. The van der Waals surface area contributed by atoms with Crippen LogP contribution in [-0.2, 0) is 16.6 Å². The minimum atomic E-state index is -3.62. The van der Waals surface area contributed by atoms with Gasteiger partial charge in [-0.3, -0.25) is 9.10 Å². The first kappa shape index (κ1) is 20.5. The maximum atomic E-state index is 13.2. The van der Waals surface area contributed by atoms with Crippen LogP contribution in [-0.4, -0.2) is 20.6 Å². The van der Waals surface area contributed by atoms with E-state index in [0.717, 1.165) is 10.6 Å². The lowest BCUT2D eigenvalue weighted by Gasteiger charge is -2.22. The highest BCUT2D eigenvalue weighted by Crippen LogP contribution is 2.22. The fraction of sp³-hybridized carbons (Fsp3) is 0.0952. The average molecular weight is 416 g/mol. The minimum Gasteiger partial charge on any atom is -0.322 e. The molecule has 0 saturated heterocycles. The van der Waals surface area contributed by atoms with Gasteiger partial charge in [0, 0.05) is 11.3 Å². The molecule has 0 bridgehead atoms. The molecule has 0 radical (unpaired) electrons. The number of nitrogens with zero attached hydrogens (tertiary/aromatic N) is 1. The van der Waals surface area contributed by atoms with Crippen molar-refractivity contribution in [1.82, 2.24) is 0 Å². The molecule has 0 heterocycles. The molecular weight excluding hydrogens is 398 g/mol. The second-order valence-electron chi connectivity index (χ2n) is 6.41. The molecule has 0 fully saturated rings. The number of nitrogens with one attached hydrogen (secondary N) is 1. The molecule has 0 aliphatic carbocycles. The second kappa shape index (κ2) is 8.40. The molecule has 0 spiro atoms. The van der Waals surface area contributed by atoms with Gasteiger partial charge in [-0.1, -0.05) is 18.2 Å². The summed E-state index contributed by atoms with van der Waals surface area (Å²) in [7, 11) is -3.62. The summed E-state index contributed by atoms with van der Waals surface area (Å²) >= 11 is 0. The zero-order valence-corrected chi connectivity index (χ0v) is 16.3. The summed E-state index contributed by atoms with van der Waals surface area (Å²) in [6.45, 7) is 0.0218. The van der Waals surface area contributed by atoms with Gasteiger partial charge in [0.15, 0.2) is 0 Å². The number of carbonyl (C=O) groups excluding carboxylic acids is 1.